The Morgan fingerprint density at radius 1 is 1.25 bits per heavy atom. The molecule has 0 aromatic heterocycles. The van der Waals surface area contributed by atoms with Gasteiger partial charge < -0.3 is 10.1 Å². The number of esters is 1. The van der Waals surface area contributed by atoms with Crippen molar-refractivity contribution in [1.82, 2.24) is 10.4 Å². The van der Waals surface area contributed by atoms with Gasteiger partial charge in [-0.25, -0.2) is 0 Å². The van der Waals surface area contributed by atoms with E-state index in [1.807, 2.05) is 45.9 Å². The van der Waals surface area contributed by atoms with Crippen LogP contribution in [0, 0.1) is 5.92 Å². The second-order valence-corrected chi connectivity index (χ2v) is 7.87. The number of piperidine rings is 1. The van der Waals surface area contributed by atoms with Crippen LogP contribution in [-0.4, -0.2) is 35.3 Å². The lowest BCUT2D eigenvalue weighted by atomic mass is 9.70. The molecule has 0 saturated carbocycles. The van der Waals surface area contributed by atoms with Crippen LogP contribution in [0.25, 0.3) is 0 Å². The van der Waals surface area contributed by atoms with Crippen molar-refractivity contribution in [3.8, 4) is 0 Å². The summed E-state index contributed by atoms with van der Waals surface area (Å²) < 4.78 is 5.01. The molecule has 0 spiro atoms. The Morgan fingerprint density at radius 2 is 1.83 bits per heavy atom. The van der Waals surface area contributed by atoms with Gasteiger partial charge in [-0.1, -0.05) is 30.3 Å². The second-order valence-electron chi connectivity index (χ2n) is 7.87. The highest BCUT2D eigenvalue weighted by Gasteiger charge is 2.56. The van der Waals surface area contributed by atoms with Crippen molar-refractivity contribution < 1.29 is 14.7 Å². The minimum absolute atomic E-state index is 0.0770. The average Bonchev–Trinajstić information content (AvgIpc) is 2.53. The molecule has 1 N–H and O–H groups in total. The first kappa shape index (κ1) is 18.9. The second kappa shape index (κ2) is 6.82. The van der Waals surface area contributed by atoms with E-state index in [0.29, 0.717) is 6.42 Å². The first-order valence-electron chi connectivity index (χ1n) is 8.47. The first-order valence-corrected chi connectivity index (χ1v) is 8.47. The molecule has 5 heteroatoms. The van der Waals surface area contributed by atoms with E-state index in [1.165, 1.54) is 7.11 Å². The van der Waals surface area contributed by atoms with Crippen LogP contribution in [0.5, 0.6) is 0 Å². The van der Waals surface area contributed by atoms with Crippen LogP contribution in [0.15, 0.2) is 30.3 Å². The van der Waals surface area contributed by atoms with Gasteiger partial charge in [-0.2, -0.15) is 0 Å². The molecule has 1 aliphatic rings. The summed E-state index contributed by atoms with van der Waals surface area (Å²) in [4.78, 5) is 12.4. The van der Waals surface area contributed by atoms with Gasteiger partial charge in [0.25, 0.3) is 0 Å². The SMILES string of the molecule is COC(=O)[C@H]1[C@@H](N[C@@H](C)c2ccccc2)CC(C)(C)N([O])C1(C)C. The number of hydrogen-bond acceptors (Lipinski definition) is 4. The van der Waals surface area contributed by atoms with Gasteiger partial charge in [0, 0.05) is 17.6 Å². The van der Waals surface area contributed by atoms with Crippen molar-refractivity contribution in [2.45, 2.75) is 64.2 Å². The Morgan fingerprint density at radius 3 is 2.38 bits per heavy atom. The average molecular weight is 333 g/mol. The van der Waals surface area contributed by atoms with Crippen molar-refractivity contribution in [3.63, 3.8) is 0 Å². The van der Waals surface area contributed by atoms with E-state index in [-0.39, 0.29) is 18.1 Å². The van der Waals surface area contributed by atoms with Crippen LogP contribution < -0.4 is 5.32 Å². The molecule has 0 aliphatic carbocycles. The molecule has 5 nitrogen and oxygen atoms in total. The molecule has 1 radical (unpaired) electrons. The number of ether oxygens (including phenoxy) is 1. The first-order chi connectivity index (χ1) is 11.1. The zero-order valence-corrected chi connectivity index (χ0v) is 15.5. The molecule has 1 aromatic rings. The summed E-state index contributed by atoms with van der Waals surface area (Å²) in [6.07, 6.45) is 0.580. The summed E-state index contributed by atoms with van der Waals surface area (Å²) in [5.74, 6) is -0.867. The molecule has 2 rings (SSSR count). The maximum atomic E-state index is 12.8. The lowest BCUT2D eigenvalue weighted by molar-refractivity contribution is -0.304. The van der Waals surface area contributed by atoms with Gasteiger partial charge in [-0.15, -0.1) is 10.3 Å². The lowest BCUT2D eigenvalue weighted by Crippen LogP contribution is -2.69. The Kier molecular flexibility index (Phi) is 5.37. The van der Waals surface area contributed by atoms with Crippen molar-refractivity contribution in [2.75, 3.05) is 7.11 Å². The molecular formula is C19H29N2O3. The smallest absolute Gasteiger partial charge is 0.312 e. The van der Waals surface area contributed by atoms with Crippen LogP contribution in [-0.2, 0) is 14.7 Å². The third-order valence-corrected chi connectivity index (χ3v) is 5.17. The van der Waals surface area contributed by atoms with E-state index in [0.717, 1.165) is 10.6 Å². The standard InChI is InChI=1S/C19H29N2O3/c1-13(14-10-8-7-9-11-14)20-15-12-18(2,3)21(23)19(4,5)16(15)17(22)24-6/h7-11,13,15-16,20H,12H2,1-6H3/t13-,15-,16+/m0/s1. The number of benzene rings is 1. The fourth-order valence-corrected chi connectivity index (χ4v) is 4.03. The molecular weight excluding hydrogens is 304 g/mol. The van der Waals surface area contributed by atoms with Crippen molar-refractivity contribution in [3.05, 3.63) is 35.9 Å². The van der Waals surface area contributed by atoms with Crippen molar-refractivity contribution in [1.29, 1.82) is 0 Å². The van der Waals surface area contributed by atoms with Gasteiger partial charge in [-0.05, 0) is 46.6 Å². The molecule has 0 bridgehead atoms. The van der Waals surface area contributed by atoms with Gasteiger partial charge in [0.05, 0.1) is 18.6 Å². The maximum absolute atomic E-state index is 12.8. The predicted octanol–water partition coefficient (Wildman–Crippen LogP) is 3.10. The number of hydroxylamine groups is 2. The fourth-order valence-electron chi connectivity index (χ4n) is 4.03. The van der Waals surface area contributed by atoms with E-state index < -0.39 is 17.0 Å². The van der Waals surface area contributed by atoms with Crippen LogP contribution >= 0.6 is 0 Å². The topological polar surface area (TPSA) is 61.5 Å². The summed E-state index contributed by atoms with van der Waals surface area (Å²) in [6.45, 7) is 9.58. The third-order valence-electron chi connectivity index (χ3n) is 5.17. The van der Waals surface area contributed by atoms with Gasteiger partial charge in [0.1, 0.15) is 0 Å². The van der Waals surface area contributed by atoms with Gasteiger partial charge in [0.2, 0.25) is 0 Å². The number of nitrogens with one attached hydrogen (secondary N) is 1. The number of nitrogens with zero attached hydrogens (tertiary/aromatic N) is 1. The number of hydrogen-bond donors (Lipinski definition) is 1. The van der Waals surface area contributed by atoms with Crippen LogP contribution in [0.2, 0.25) is 0 Å². The Bertz CT molecular complexity index is 571. The summed E-state index contributed by atoms with van der Waals surface area (Å²) in [5.41, 5.74) is -0.244. The fraction of sp³-hybridized carbons (Fsp3) is 0.632. The van der Waals surface area contributed by atoms with E-state index in [2.05, 4.69) is 24.4 Å². The monoisotopic (exact) mass is 333 g/mol. The third kappa shape index (κ3) is 3.48. The highest BCUT2D eigenvalue weighted by atomic mass is 16.5. The van der Waals surface area contributed by atoms with Gasteiger partial charge in [-0.3, -0.25) is 4.79 Å². The molecule has 1 heterocycles. The normalized spacial score (nSPS) is 27.5. The lowest BCUT2D eigenvalue weighted by Gasteiger charge is -2.54. The predicted molar refractivity (Wildman–Crippen MR) is 92.6 cm³/mol. The molecule has 1 aliphatic heterocycles. The minimum Gasteiger partial charge on any atom is -0.469 e. The van der Waals surface area contributed by atoms with Crippen LogP contribution in [0.3, 0.4) is 0 Å². The zero-order valence-electron chi connectivity index (χ0n) is 15.5. The van der Waals surface area contributed by atoms with Crippen LogP contribution in [0.4, 0.5) is 0 Å². The van der Waals surface area contributed by atoms with Gasteiger partial charge in [0.15, 0.2) is 0 Å². The molecule has 24 heavy (non-hydrogen) atoms. The Hall–Kier alpha value is -1.43. The molecule has 133 valence electrons. The summed E-state index contributed by atoms with van der Waals surface area (Å²) >= 11 is 0. The quantitative estimate of drug-likeness (QED) is 0.860. The summed E-state index contributed by atoms with van der Waals surface area (Å²) in [6, 6.07) is 10.0. The molecule has 0 unspecified atom stereocenters. The molecule has 1 aromatic carbocycles. The zero-order chi connectivity index (χ0) is 18.1. The highest BCUT2D eigenvalue weighted by molar-refractivity contribution is 5.75. The van der Waals surface area contributed by atoms with Crippen LogP contribution in [0.1, 0.15) is 52.6 Å². The highest BCUT2D eigenvalue weighted by Crippen LogP contribution is 2.42. The molecule has 1 fully saturated rings. The number of carbonyl (C=O) groups excluding carboxylic acids is 1. The van der Waals surface area contributed by atoms with Crippen molar-refractivity contribution in [2.24, 2.45) is 5.92 Å². The molecule has 0 amide bonds. The van der Waals surface area contributed by atoms with E-state index in [1.54, 1.807) is 0 Å². The molecule has 3 atom stereocenters. The largest absolute Gasteiger partial charge is 0.469 e. The Balaban J connectivity index is 2.32. The summed E-state index contributed by atoms with van der Waals surface area (Å²) in [7, 11) is 1.38. The maximum Gasteiger partial charge on any atom is 0.312 e. The van der Waals surface area contributed by atoms with E-state index in [4.69, 9.17) is 4.74 Å². The minimum atomic E-state index is -0.844. The van der Waals surface area contributed by atoms with Gasteiger partial charge >= 0.3 is 5.97 Å². The number of methoxy groups -OCH3 is 1. The van der Waals surface area contributed by atoms with Crippen molar-refractivity contribution >= 4 is 5.97 Å². The Labute approximate surface area is 145 Å². The number of carbonyl (C=O) groups is 1. The molecule has 1 saturated heterocycles. The number of rotatable bonds is 4. The summed E-state index contributed by atoms with van der Waals surface area (Å²) in [5, 5.41) is 17.4. The van der Waals surface area contributed by atoms with E-state index in [9.17, 15) is 10.0 Å². The van der Waals surface area contributed by atoms with E-state index >= 15 is 0 Å².